The molecule has 0 fully saturated rings. The standard InChI is InChI=1S/C18H22N6O/c1-3-25-9-8-16-10-18(23-13-22-16)21-12-14-4-6-15(7-5-14)17(11-19)24-20-2/h4-11,13,19-20H,3,12H2,1-2H3,(H,21,22,23)/b9-8+,19-11?,24-17+. The molecule has 0 atom stereocenters. The number of benzene rings is 1. The van der Waals surface area contributed by atoms with E-state index < -0.39 is 0 Å². The molecule has 0 aliphatic heterocycles. The van der Waals surface area contributed by atoms with Gasteiger partial charge >= 0.3 is 0 Å². The summed E-state index contributed by atoms with van der Waals surface area (Å²) in [7, 11) is 1.71. The molecule has 1 aromatic carbocycles. The molecule has 0 saturated carbocycles. The molecule has 0 aliphatic carbocycles. The van der Waals surface area contributed by atoms with Crippen LogP contribution >= 0.6 is 0 Å². The van der Waals surface area contributed by atoms with E-state index in [-0.39, 0.29) is 0 Å². The zero-order chi connectivity index (χ0) is 17.9. The Labute approximate surface area is 147 Å². The third-order valence-corrected chi connectivity index (χ3v) is 3.28. The summed E-state index contributed by atoms with van der Waals surface area (Å²) >= 11 is 0. The maximum Gasteiger partial charge on any atom is 0.130 e. The number of rotatable bonds is 9. The number of nitrogens with zero attached hydrogens (tertiary/aromatic N) is 3. The minimum Gasteiger partial charge on any atom is -0.501 e. The van der Waals surface area contributed by atoms with Gasteiger partial charge in [0.2, 0.25) is 0 Å². The van der Waals surface area contributed by atoms with Crippen LogP contribution in [0.5, 0.6) is 0 Å². The first-order valence-corrected chi connectivity index (χ1v) is 7.95. The van der Waals surface area contributed by atoms with Crippen LogP contribution in [0.3, 0.4) is 0 Å². The van der Waals surface area contributed by atoms with Crippen LogP contribution < -0.4 is 10.7 Å². The summed E-state index contributed by atoms with van der Waals surface area (Å²) in [6, 6.07) is 9.72. The molecule has 3 N–H and O–H groups in total. The molecule has 0 bridgehead atoms. The highest BCUT2D eigenvalue weighted by molar-refractivity contribution is 6.37. The van der Waals surface area contributed by atoms with Crippen LogP contribution in [0.25, 0.3) is 6.08 Å². The molecule has 0 spiro atoms. The summed E-state index contributed by atoms with van der Waals surface area (Å²) in [6.45, 7) is 3.19. The fourth-order valence-electron chi connectivity index (χ4n) is 2.06. The molecule has 25 heavy (non-hydrogen) atoms. The lowest BCUT2D eigenvalue weighted by Gasteiger charge is -2.07. The van der Waals surface area contributed by atoms with Gasteiger partial charge in [-0.3, -0.25) is 0 Å². The minimum atomic E-state index is 0.587. The van der Waals surface area contributed by atoms with E-state index >= 15 is 0 Å². The first-order chi connectivity index (χ1) is 12.3. The summed E-state index contributed by atoms with van der Waals surface area (Å²) < 4.78 is 5.17. The monoisotopic (exact) mass is 338 g/mol. The van der Waals surface area contributed by atoms with Crippen molar-refractivity contribution in [2.75, 3.05) is 19.0 Å². The normalized spacial score (nSPS) is 11.4. The Hall–Kier alpha value is -3.22. The maximum atomic E-state index is 7.39. The van der Waals surface area contributed by atoms with Crippen molar-refractivity contribution in [3.05, 3.63) is 59.7 Å². The van der Waals surface area contributed by atoms with Gasteiger partial charge in [0.05, 0.1) is 18.6 Å². The smallest absolute Gasteiger partial charge is 0.130 e. The Balaban J connectivity index is 1.98. The number of nitrogens with one attached hydrogen (secondary N) is 3. The fourth-order valence-corrected chi connectivity index (χ4v) is 2.06. The zero-order valence-corrected chi connectivity index (χ0v) is 14.4. The van der Waals surface area contributed by atoms with Crippen LogP contribution in [-0.4, -0.2) is 35.5 Å². The number of hydrogen-bond donors (Lipinski definition) is 3. The largest absolute Gasteiger partial charge is 0.501 e. The summed E-state index contributed by atoms with van der Waals surface area (Å²) in [5.41, 5.74) is 6.05. The van der Waals surface area contributed by atoms with Gasteiger partial charge in [-0.05, 0) is 18.6 Å². The number of hydrogen-bond acceptors (Lipinski definition) is 7. The van der Waals surface area contributed by atoms with Crippen molar-refractivity contribution < 1.29 is 4.74 Å². The molecule has 2 rings (SSSR count). The molecule has 130 valence electrons. The average Bonchev–Trinajstić information content (AvgIpc) is 2.65. The topological polar surface area (TPSA) is 95.3 Å². The van der Waals surface area contributed by atoms with E-state index in [1.807, 2.05) is 37.3 Å². The molecule has 0 amide bonds. The van der Waals surface area contributed by atoms with Gasteiger partial charge in [-0.15, -0.1) is 0 Å². The van der Waals surface area contributed by atoms with Crippen LogP contribution in [0, 0.1) is 5.41 Å². The summed E-state index contributed by atoms with van der Waals surface area (Å²) in [5, 5.41) is 14.7. The van der Waals surface area contributed by atoms with Crippen molar-refractivity contribution in [1.82, 2.24) is 15.4 Å². The quantitative estimate of drug-likeness (QED) is 0.371. The van der Waals surface area contributed by atoms with Crippen LogP contribution in [-0.2, 0) is 11.3 Å². The molecule has 1 aromatic heterocycles. The SMILES string of the molecule is CCO/C=C/c1cc(NCc2ccc(/C(C=N)=N/NC)cc2)ncn1. The highest BCUT2D eigenvalue weighted by Gasteiger charge is 2.02. The lowest BCUT2D eigenvalue weighted by Crippen LogP contribution is -2.08. The van der Waals surface area contributed by atoms with E-state index in [0.29, 0.717) is 18.9 Å². The molecule has 1 heterocycles. The Bertz CT molecular complexity index is 739. The van der Waals surface area contributed by atoms with E-state index in [0.717, 1.165) is 22.6 Å². The number of anilines is 1. The molecule has 0 unspecified atom stereocenters. The molecule has 0 aliphatic rings. The molecule has 7 heteroatoms. The first-order valence-electron chi connectivity index (χ1n) is 7.95. The third-order valence-electron chi connectivity index (χ3n) is 3.28. The Morgan fingerprint density at radius 3 is 2.76 bits per heavy atom. The van der Waals surface area contributed by atoms with Crippen molar-refractivity contribution in [2.45, 2.75) is 13.5 Å². The first kappa shape index (κ1) is 18.1. The van der Waals surface area contributed by atoms with Crippen molar-refractivity contribution >= 4 is 23.8 Å². The van der Waals surface area contributed by atoms with Crippen molar-refractivity contribution in [3.63, 3.8) is 0 Å². The fraction of sp³-hybridized carbons (Fsp3) is 0.222. The molecule has 7 nitrogen and oxygen atoms in total. The van der Waals surface area contributed by atoms with Gasteiger partial charge in [0.1, 0.15) is 17.9 Å². The van der Waals surface area contributed by atoms with Gasteiger partial charge < -0.3 is 20.9 Å². The Kier molecular flexibility index (Phi) is 7.12. The van der Waals surface area contributed by atoms with Crippen LogP contribution in [0.2, 0.25) is 0 Å². The van der Waals surface area contributed by atoms with Crippen LogP contribution in [0.15, 0.2) is 48.0 Å². The van der Waals surface area contributed by atoms with Crippen LogP contribution in [0.1, 0.15) is 23.7 Å². The van der Waals surface area contributed by atoms with E-state index in [1.54, 1.807) is 19.4 Å². The lowest BCUT2D eigenvalue weighted by molar-refractivity contribution is 0.272. The number of aromatic nitrogens is 2. The average molecular weight is 338 g/mol. The van der Waals surface area contributed by atoms with Gasteiger partial charge in [-0.25, -0.2) is 9.97 Å². The predicted molar refractivity (Wildman–Crippen MR) is 101 cm³/mol. The van der Waals surface area contributed by atoms with Crippen molar-refractivity contribution in [2.24, 2.45) is 5.10 Å². The summed E-state index contributed by atoms with van der Waals surface area (Å²) in [4.78, 5) is 8.38. The van der Waals surface area contributed by atoms with E-state index in [4.69, 9.17) is 10.1 Å². The Morgan fingerprint density at radius 1 is 1.28 bits per heavy atom. The van der Waals surface area contributed by atoms with Crippen molar-refractivity contribution in [3.8, 4) is 0 Å². The highest BCUT2D eigenvalue weighted by Crippen LogP contribution is 2.10. The molecule has 2 aromatic rings. The van der Waals surface area contributed by atoms with Gasteiger partial charge in [-0.2, -0.15) is 5.10 Å². The van der Waals surface area contributed by atoms with E-state index in [2.05, 4.69) is 25.8 Å². The van der Waals surface area contributed by atoms with Crippen molar-refractivity contribution in [1.29, 1.82) is 5.41 Å². The lowest BCUT2D eigenvalue weighted by atomic mass is 10.1. The molecular formula is C18H22N6O. The molecular weight excluding hydrogens is 316 g/mol. The summed E-state index contributed by atoms with van der Waals surface area (Å²) in [5.74, 6) is 0.743. The second-order valence-electron chi connectivity index (χ2n) is 5.00. The highest BCUT2D eigenvalue weighted by atomic mass is 16.5. The van der Waals surface area contributed by atoms with Gasteiger partial charge in [0.15, 0.2) is 0 Å². The predicted octanol–water partition coefficient (Wildman–Crippen LogP) is 2.67. The van der Waals surface area contributed by atoms with E-state index in [9.17, 15) is 0 Å². The maximum absolute atomic E-state index is 7.39. The molecule has 0 saturated heterocycles. The number of hydrazone groups is 1. The zero-order valence-electron chi connectivity index (χ0n) is 14.4. The van der Waals surface area contributed by atoms with Gasteiger partial charge in [0.25, 0.3) is 0 Å². The van der Waals surface area contributed by atoms with Gasteiger partial charge in [0, 0.05) is 31.4 Å². The minimum absolute atomic E-state index is 0.587. The second-order valence-corrected chi connectivity index (χ2v) is 5.00. The van der Waals surface area contributed by atoms with Gasteiger partial charge in [-0.1, -0.05) is 24.3 Å². The number of ether oxygens (including phenoxy) is 1. The second kappa shape index (κ2) is 9.82. The summed E-state index contributed by atoms with van der Waals surface area (Å²) in [6.07, 6.45) is 6.16. The Morgan fingerprint density at radius 2 is 2.08 bits per heavy atom. The molecule has 0 radical (unpaired) electrons. The third kappa shape index (κ3) is 5.72. The van der Waals surface area contributed by atoms with Crippen LogP contribution in [0.4, 0.5) is 5.82 Å². The van der Waals surface area contributed by atoms with E-state index in [1.165, 1.54) is 12.5 Å².